The predicted octanol–water partition coefficient (Wildman–Crippen LogP) is 4.65. The molecule has 0 saturated heterocycles. The minimum absolute atomic E-state index is 0.0854. The SMILES string of the molecule is CCc1cccc(F)c1COc1ccc2c(c1)OCC(NC1(CC(=O)O)CCCC1)C2. The van der Waals surface area contributed by atoms with Gasteiger partial charge in [-0.05, 0) is 48.9 Å². The summed E-state index contributed by atoms with van der Waals surface area (Å²) in [4.78, 5) is 11.4. The monoisotopic (exact) mass is 427 g/mol. The van der Waals surface area contributed by atoms with Crippen LogP contribution in [0.2, 0.25) is 0 Å². The lowest BCUT2D eigenvalue weighted by atomic mass is 9.90. The van der Waals surface area contributed by atoms with Gasteiger partial charge in [-0.1, -0.05) is 38.0 Å². The molecule has 1 saturated carbocycles. The molecule has 6 heteroatoms. The first kappa shape index (κ1) is 21.6. The molecular formula is C25H30FNO4. The summed E-state index contributed by atoms with van der Waals surface area (Å²) in [6.07, 6.45) is 5.60. The van der Waals surface area contributed by atoms with E-state index < -0.39 is 5.97 Å². The van der Waals surface area contributed by atoms with Crippen molar-refractivity contribution in [1.29, 1.82) is 0 Å². The van der Waals surface area contributed by atoms with Crippen LogP contribution in [-0.4, -0.2) is 29.3 Å². The Kier molecular flexibility index (Phi) is 6.46. The second kappa shape index (κ2) is 9.27. The van der Waals surface area contributed by atoms with Crippen LogP contribution in [-0.2, 0) is 24.2 Å². The molecule has 4 rings (SSSR count). The molecule has 1 unspecified atom stereocenters. The van der Waals surface area contributed by atoms with E-state index >= 15 is 0 Å². The zero-order valence-electron chi connectivity index (χ0n) is 18.0. The van der Waals surface area contributed by atoms with E-state index in [1.807, 2.05) is 31.2 Å². The van der Waals surface area contributed by atoms with Crippen molar-refractivity contribution in [3.05, 3.63) is 58.9 Å². The molecule has 1 heterocycles. The van der Waals surface area contributed by atoms with Gasteiger partial charge in [0.2, 0.25) is 0 Å². The molecule has 0 radical (unpaired) electrons. The Morgan fingerprint density at radius 2 is 2.10 bits per heavy atom. The van der Waals surface area contributed by atoms with Crippen LogP contribution in [0, 0.1) is 5.82 Å². The summed E-state index contributed by atoms with van der Waals surface area (Å²) in [6.45, 7) is 2.67. The summed E-state index contributed by atoms with van der Waals surface area (Å²) >= 11 is 0. The standard InChI is InChI=1S/C25H30FNO4/c1-2-17-6-5-7-22(26)21(17)16-30-20-9-8-18-12-19(15-31-23(18)13-20)27-25(14-24(28)29)10-3-4-11-25/h5-9,13,19,27H,2-4,10-12,14-16H2,1H3,(H,28,29). The van der Waals surface area contributed by atoms with Crippen LogP contribution in [0.3, 0.4) is 0 Å². The molecule has 0 bridgehead atoms. The fraction of sp³-hybridized carbons (Fsp3) is 0.480. The van der Waals surface area contributed by atoms with E-state index in [9.17, 15) is 14.3 Å². The highest BCUT2D eigenvalue weighted by Gasteiger charge is 2.38. The Hall–Kier alpha value is -2.60. The molecule has 1 atom stereocenters. The highest BCUT2D eigenvalue weighted by molar-refractivity contribution is 5.68. The van der Waals surface area contributed by atoms with Gasteiger partial charge in [-0.25, -0.2) is 4.39 Å². The summed E-state index contributed by atoms with van der Waals surface area (Å²) in [5, 5.41) is 12.9. The lowest BCUT2D eigenvalue weighted by molar-refractivity contribution is -0.138. The van der Waals surface area contributed by atoms with Crippen molar-refractivity contribution in [3.63, 3.8) is 0 Å². The topological polar surface area (TPSA) is 67.8 Å². The van der Waals surface area contributed by atoms with Crippen molar-refractivity contribution in [1.82, 2.24) is 5.32 Å². The molecule has 166 valence electrons. The third-order valence-electron chi connectivity index (χ3n) is 6.49. The number of carboxylic acid groups (broad SMARTS) is 1. The van der Waals surface area contributed by atoms with E-state index in [0.717, 1.165) is 55.4 Å². The maximum Gasteiger partial charge on any atom is 0.305 e. The quantitative estimate of drug-likeness (QED) is 0.642. The van der Waals surface area contributed by atoms with Gasteiger partial charge in [0.05, 0.1) is 6.42 Å². The number of carbonyl (C=O) groups is 1. The Bertz CT molecular complexity index is 939. The number of nitrogens with one attached hydrogen (secondary N) is 1. The molecule has 1 aliphatic heterocycles. The molecule has 31 heavy (non-hydrogen) atoms. The first-order chi connectivity index (χ1) is 15.0. The van der Waals surface area contributed by atoms with Gasteiger partial charge in [-0.2, -0.15) is 0 Å². The van der Waals surface area contributed by atoms with E-state index in [2.05, 4.69) is 5.32 Å². The van der Waals surface area contributed by atoms with Gasteiger partial charge in [-0.3, -0.25) is 4.79 Å². The van der Waals surface area contributed by atoms with Crippen LogP contribution in [0.4, 0.5) is 4.39 Å². The van der Waals surface area contributed by atoms with Crippen molar-refractivity contribution in [2.75, 3.05) is 6.61 Å². The Balaban J connectivity index is 1.40. The van der Waals surface area contributed by atoms with Crippen LogP contribution >= 0.6 is 0 Å². The second-order valence-corrected chi connectivity index (χ2v) is 8.70. The molecule has 5 nitrogen and oxygen atoms in total. The van der Waals surface area contributed by atoms with Crippen molar-refractivity contribution in [2.24, 2.45) is 0 Å². The Labute approximate surface area is 182 Å². The minimum atomic E-state index is -0.755. The van der Waals surface area contributed by atoms with Gasteiger partial charge in [0.25, 0.3) is 0 Å². The lowest BCUT2D eigenvalue weighted by Crippen LogP contribution is -2.53. The Morgan fingerprint density at radius 1 is 1.29 bits per heavy atom. The number of hydrogen-bond donors (Lipinski definition) is 2. The number of ether oxygens (including phenoxy) is 2. The maximum absolute atomic E-state index is 14.2. The Morgan fingerprint density at radius 3 is 2.84 bits per heavy atom. The summed E-state index contributed by atoms with van der Waals surface area (Å²) in [5.41, 5.74) is 2.29. The van der Waals surface area contributed by atoms with Gasteiger partial charge in [0.15, 0.2) is 0 Å². The fourth-order valence-corrected chi connectivity index (χ4v) is 4.93. The van der Waals surface area contributed by atoms with Crippen LogP contribution in [0.15, 0.2) is 36.4 Å². The van der Waals surface area contributed by atoms with Crippen LogP contribution in [0.5, 0.6) is 11.5 Å². The average molecular weight is 428 g/mol. The number of aryl methyl sites for hydroxylation is 1. The maximum atomic E-state index is 14.2. The summed E-state index contributed by atoms with van der Waals surface area (Å²) in [7, 11) is 0. The minimum Gasteiger partial charge on any atom is -0.492 e. The predicted molar refractivity (Wildman–Crippen MR) is 116 cm³/mol. The van der Waals surface area contributed by atoms with Crippen LogP contribution in [0.1, 0.15) is 55.7 Å². The van der Waals surface area contributed by atoms with Crippen molar-refractivity contribution >= 4 is 5.97 Å². The lowest BCUT2D eigenvalue weighted by Gasteiger charge is -2.36. The van der Waals surface area contributed by atoms with Gasteiger partial charge in [0, 0.05) is 23.2 Å². The van der Waals surface area contributed by atoms with Crippen LogP contribution in [0.25, 0.3) is 0 Å². The van der Waals surface area contributed by atoms with E-state index in [4.69, 9.17) is 9.47 Å². The zero-order valence-corrected chi connectivity index (χ0v) is 18.0. The third-order valence-corrected chi connectivity index (χ3v) is 6.49. The average Bonchev–Trinajstić information content (AvgIpc) is 3.19. The molecule has 0 spiro atoms. The highest BCUT2D eigenvalue weighted by atomic mass is 19.1. The molecule has 2 aromatic rings. The smallest absolute Gasteiger partial charge is 0.305 e. The molecule has 0 amide bonds. The largest absolute Gasteiger partial charge is 0.492 e. The molecule has 2 N–H and O–H groups in total. The molecule has 2 aliphatic rings. The number of carboxylic acids is 1. The van der Waals surface area contributed by atoms with Gasteiger partial charge in [0.1, 0.15) is 30.5 Å². The first-order valence-corrected chi connectivity index (χ1v) is 11.1. The third kappa shape index (κ3) is 5.01. The number of aliphatic carboxylic acids is 1. The highest BCUT2D eigenvalue weighted by Crippen LogP contribution is 2.35. The van der Waals surface area contributed by atoms with Gasteiger partial charge >= 0.3 is 5.97 Å². The molecule has 1 aliphatic carbocycles. The molecule has 0 aromatic heterocycles. The van der Waals surface area contributed by atoms with Crippen molar-refractivity contribution in [3.8, 4) is 11.5 Å². The van der Waals surface area contributed by atoms with E-state index in [1.165, 1.54) is 6.07 Å². The van der Waals surface area contributed by atoms with Crippen molar-refractivity contribution < 1.29 is 23.8 Å². The molecular weight excluding hydrogens is 397 g/mol. The first-order valence-electron chi connectivity index (χ1n) is 11.1. The summed E-state index contributed by atoms with van der Waals surface area (Å²) in [5.74, 6) is 0.422. The number of halogens is 1. The number of fused-ring (bicyclic) bond motifs is 1. The van der Waals surface area contributed by atoms with Crippen molar-refractivity contribution in [2.45, 2.75) is 70.1 Å². The number of hydrogen-bond acceptors (Lipinski definition) is 4. The summed E-state index contributed by atoms with van der Waals surface area (Å²) < 4.78 is 26.1. The van der Waals surface area contributed by atoms with Gasteiger partial charge < -0.3 is 19.9 Å². The second-order valence-electron chi connectivity index (χ2n) is 8.70. The van der Waals surface area contributed by atoms with E-state index in [-0.39, 0.29) is 30.4 Å². The van der Waals surface area contributed by atoms with E-state index in [1.54, 1.807) is 6.07 Å². The fourth-order valence-electron chi connectivity index (χ4n) is 4.93. The molecule has 1 fully saturated rings. The van der Waals surface area contributed by atoms with Gasteiger partial charge in [-0.15, -0.1) is 0 Å². The molecule has 2 aromatic carbocycles. The van der Waals surface area contributed by atoms with E-state index in [0.29, 0.717) is 17.9 Å². The number of benzene rings is 2. The number of rotatable bonds is 8. The zero-order chi connectivity index (χ0) is 21.8. The van der Waals surface area contributed by atoms with Crippen LogP contribution < -0.4 is 14.8 Å². The normalized spacial score (nSPS) is 19.5. The summed E-state index contributed by atoms with van der Waals surface area (Å²) in [6, 6.07) is 10.9.